The van der Waals surface area contributed by atoms with E-state index in [1.165, 1.54) is 50.1 Å². The lowest BCUT2D eigenvalue weighted by Crippen LogP contribution is -2.02. The number of hydrogen-bond donors (Lipinski definition) is 0. The largest absolute Gasteiger partial charge is 0.493 e. The molecule has 4 heterocycles. The van der Waals surface area contributed by atoms with Crippen LogP contribution in [0.15, 0.2) is 121 Å². The first-order valence-electron chi connectivity index (χ1n) is 16.7. The van der Waals surface area contributed by atoms with E-state index >= 15 is 0 Å². The number of hydrogen-bond acceptors (Lipinski definition) is 6. The summed E-state index contributed by atoms with van der Waals surface area (Å²) in [5, 5.41) is 0. The van der Waals surface area contributed by atoms with Crippen LogP contribution in [0.1, 0.15) is 39.5 Å². The molecule has 7 rings (SSSR count). The zero-order valence-corrected chi connectivity index (χ0v) is 30.5. The Morgan fingerprint density at radius 1 is 0.396 bits per heavy atom. The van der Waals surface area contributed by atoms with E-state index in [2.05, 4.69) is 135 Å². The Kier molecular flexibility index (Phi) is 10.5. The fourth-order valence-electron chi connectivity index (χ4n) is 5.52. The minimum atomic E-state index is 0.690. The minimum Gasteiger partial charge on any atom is -0.493 e. The fourth-order valence-corrected chi connectivity index (χ4v) is 9.78. The van der Waals surface area contributed by atoms with E-state index in [1.807, 2.05) is 45.3 Å². The van der Waals surface area contributed by atoms with Crippen LogP contribution in [0, 0.1) is 0 Å². The van der Waals surface area contributed by atoms with Crippen molar-refractivity contribution in [1.29, 1.82) is 0 Å². The van der Waals surface area contributed by atoms with Gasteiger partial charge in [0.2, 0.25) is 0 Å². The molecule has 0 N–H and O–H groups in total. The average Bonchev–Trinajstić information content (AvgIpc) is 3.96. The molecule has 48 heavy (non-hydrogen) atoms. The second-order valence-electron chi connectivity index (χ2n) is 11.6. The zero-order chi connectivity index (χ0) is 32.7. The summed E-state index contributed by atoms with van der Waals surface area (Å²) in [6, 6.07) is 43.6. The lowest BCUT2D eigenvalue weighted by atomic mass is 10.1. The molecule has 0 saturated heterocycles. The monoisotopic (exact) mass is 702 g/mol. The third-order valence-corrected chi connectivity index (χ3v) is 13.0. The predicted molar refractivity (Wildman–Crippen MR) is 211 cm³/mol. The van der Waals surface area contributed by atoms with E-state index in [0.29, 0.717) is 13.2 Å². The molecule has 0 aliphatic heterocycles. The van der Waals surface area contributed by atoms with Crippen molar-refractivity contribution in [2.75, 3.05) is 13.2 Å². The predicted octanol–water partition coefficient (Wildman–Crippen LogP) is 14.3. The normalized spacial score (nSPS) is 11.2. The molecule has 0 unspecified atom stereocenters. The average molecular weight is 703 g/mol. The van der Waals surface area contributed by atoms with E-state index in [4.69, 9.17) is 9.47 Å². The van der Waals surface area contributed by atoms with Gasteiger partial charge in [-0.05, 0) is 84.6 Å². The van der Waals surface area contributed by atoms with Gasteiger partial charge in [0.25, 0.3) is 0 Å². The maximum absolute atomic E-state index is 6.56. The molecule has 7 aromatic rings. The van der Waals surface area contributed by atoms with Crippen LogP contribution in [-0.2, 0) is 0 Å². The summed E-state index contributed by atoms with van der Waals surface area (Å²) in [7, 11) is 0. The number of thiophene rings is 4. The van der Waals surface area contributed by atoms with Crippen molar-refractivity contribution >= 4 is 45.3 Å². The summed E-state index contributed by atoms with van der Waals surface area (Å²) in [4.78, 5) is 10.1. The number of unbranched alkanes of at least 4 members (excludes halogenated alkanes) is 2. The highest BCUT2D eigenvalue weighted by Gasteiger charge is 2.20. The SMILES string of the molecule is CCCCOc1cc(-c2ccc(-c3ccc(-c4ccccc4)s3)s2)c(OCCCC)cc1-c1ccc(-c2ccc(-c3ccccc3)s2)s1. The van der Waals surface area contributed by atoms with E-state index in [1.54, 1.807) is 0 Å². The van der Waals surface area contributed by atoms with Gasteiger partial charge in [0.1, 0.15) is 11.5 Å². The van der Waals surface area contributed by atoms with Gasteiger partial charge in [0.05, 0.1) is 13.2 Å². The van der Waals surface area contributed by atoms with Gasteiger partial charge in [-0.2, -0.15) is 0 Å². The Balaban J connectivity index is 1.24. The highest BCUT2D eigenvalue weighted by molar-refractivity contribution is 7.26. The van der Waals surface area contributed by atoms with Crippen LogP contribution in [0.4, 0.5) is 0 Å². The van der Waals surface area contributed by atoms with Crippen LogP contribution in [-0.4, -0.2) is 13.2 Å². The van der Waals surface area contributed by atoms with Gasteiger partial charge in [-0.3, -0.25) is 0 Å². The van der Waals surface area contributed by atoms with Crippen molar-refractivity contribution in [3.63, 3.8) is 0 Å². The quantitative estimate of drug-likeness (QED) is 0.105. The summed E-state index contributed by atoms with van der Waals surface area (Å²) in [5.74, 6) is 1.84. The Morgan fingerprint density at radius 2 is 0.729 bits per heavy atom. The van der Waals surface area contributed by atoms with Gasteiger partial charge in [-0.1, -0.05) is 87.4 Å². The molecule has 242 valence electrons. The number of ether oxygens (including phenoxy) is 2. The van der Waals surface area contributed by atoms with Crippen LogP contribution in [0.5, 0.6) is 11.5 Å². The molecule has 0 aliphatic carbocycles. The molecule has 6 heteroatoms. The molecule has 0 aliphatic rings. The van der Waals surface area contributed by atoms with Gasteiger partial charge in [-0.15, -0.1) is 45.3 Å². The van der Waals surface area contributed by atoms with Gasteiger partial charge >= 0.3 is 0 Å². The van der Waals surface area contributed by atoms with Crippen molar-refractivity contribution in [2.24, 2.45) is 0 Å². The lowest BCUT2D eigenvalue weighted by Gasteiger charge is -2.17. The molecule has 0 fully saturated rings. The van der Waals surface area contributed by atoms with E-state index < -0.39 is 0 Å². The van der Waals surface area contributed by atoms with Crippen molar-refractivity contribution in [2.45, 2.75) is 39.5 Å². The summed E-state index contributed by atoms with van der Waals surface area (Å²) in [6.07, 6.45) is 4.21. The fraction of sp³-hybridized carbons (Fsp3) is 0.190. The third-order valence-electron chi connectivity index (χ3n) is 8.15. The van der Waals surface area contributed by atoms with Crippen LogP contribution in [0.3, 0.4) is 0 Å². The maximum atomic E-state index is 6.56. The standard InChI is InChI=1S/C42H38O2S4/c1-3-5-25-43-33-27-32(38-20-24-42(48-38)40-22-18-36(46-40)30-15-11-8-12-16-30)34(44-26-6-4-2)28-31(33)37-19-23-41(47-37)39-21-17-35(45-39)29-13-9-7-10-14-29/h7-24,27-28H,3-6,25-26H2,1-2H3. The van der Waals surface area contributed by atoms with E-state index in [-0.39, 0.29) is 0 Å². The smallest absolute Gasteiger partial charge is 0.128 e. The van der Waals surface area contributed by atoms with Crippen molar-refractivity contribution < 1.29 is 9.47 Å². The molecular weight excluding hydrogens is 665 g/mol. The van der Waals surface area contributed by atoms with Crippen molar-refractivity contribution in [3.8, 4) is 72.8 Å². The molecule has 0 bridgehead atoms. The van der Waals surface area contributed by atoms with Gasteiger partial charge in [0, 0.05) is 50.1 Å². The van der Waals surface area contributed by atoms with Crippen LogP contribution < -0.4 is 9.47 Å². The highest BCUT2D eigenvalue weighted by atomic mass is 32.1. The first-order chi connectivity index (χ1) is 23.7. The van der Waals surface area contributed by atoms with E-state index in [0.717, 1.165) is 48.3 Å². The van der Waals surface area contributed by atoms with Crippen LogP contribution in [0.2, 0.25) is 0 Å². The Labute approximate surface area is 299 Å². The first-order valence-corrected chi connectivity index (χ1v) is 19.9. The number of benzene rings is 3. The Bertz CT molecular complexity index is 1910. The Hall–Kier alpha value is -3.94. The highest BCUT2D eigenvalue weighted by Crippen LogP contribution is 2.48. The maximum Gasteiger partial charge on any atom is 0.128 e. The van der Waals surface area contributed by atoms with Crippen LogP contribution >= 0.6 is 45.3 Å². The summed E-state index contributed by atoms with van der Waals surface area (Å²) >= 11 is 7.33. The van der Waals surface area contributed by atoms with Gasteiger partial charge < -0.3 is 9.47 Å². The molecule has 0 saturated carbocycles. The second-order valence-corrected chi connectivity index (χ2v) is 16.0. The lowest BCUT2D eigenvalue weighted by molar-refractivity contribution is 0.303. The van der Waals surface area contributed by atoms with E-state index in [9.17, 15) is 0 Å². The first kappa shape index (κ1) is 32.6. The molecule has 4 aromatic heterocycles. The molecule has 3 aromatic carbocycles. The third kappa shape index (κ3) is 7.37. The van der Waals surface area contributed by atoms with Gasteiger partial charge in [-0.25, -0.2) is 0 Å². The minimum absolute atomic E-state index is 0.690. The van der Waals surface area contributed by atoms with Crippen LogP contribution in [0.25, 0.3) is 61.3 Å². The van der Waals surface area contributed by atoms with Gasteiger partial charge in [0.15, 0.2) is 0 Å². The summed E-state index contributed by atoms with van der Waals surface area (Å²) < 4.78 is 13.1. The number of rotatable bonds is 14. The molecular formula is C42H38O2S4. The second kappa shape index (κ2) is 15.5. The summed E-state index contributed by atoms with van der Waals surface area (Å²) in [5.41, 5.74) is 4.71. The zero-order valence-electron chi connectivity index (χ0n) is 27.2. The molecule has 0 amide bonds. The van der Waals surface area contributed by atoms with Crippen molar-refractivity contribution in [3.05, 3.63) is 121 Å². The topological polar surface area (TPSA) is 18.5 Å². The summed E-state index contributed by atoms with van der Waals surface area (Å²) in [6.45, 7) is 5.79. The Morgan fingerprint density at radius 3 is 1.10 bits per heavy atom. The molecule has 0 spiro atoms. The molecule has 0 radical (unpaired) electrons. The van der Waals surface area contributed by atoms with Crippen molar-refractivity contribution in [1.82, 2.24) is 0 Å². The molecule has 2 nitrogen and oxygen atoms in total. The molecule has 0 atom stereocenters.